The predicted molar refractivity (Wildman–Crippen MR) is 62.4 cm³/mol. The van der Waals surface area contributed by atoms with Crippen molar-refractivity contribution in [2.24, 2.45) is 5.73 Å². The van der Waals surface area contributed by atoms with Gasteiger partial charge in [-0.3, -0.25) is 4.79 Å². The molecular weight excluding hydrogens is 190 g/mol. The molecule has 3 nitrogen and oxygen atoms in total. The van der Waals surface area contributed by atoms with Crippen LogP contribution in [0.5, 0.6) is 0 Å². The molecule has 0 aromatic heterocycles. The minimum atomic E-state index is -0.321. The average molecular weight is 213 g/mol. The largest absolute Gasteiger partial charge is 0.396 e. The molecule has 0 bridgehead atoms. The second kappa shape index (κ2) is 9.71. The van der Waals surface area contributed by atoms with E-state index in [9.17, 15) is 4.79 Å². The van der Waals surface area contributed by atoms with Gasteiger partial charge in [0.25, 0.3) is 0 Å². The third-order valence-electron chi connectivity index (χ3n) is 2.45. The molecule has 0 radical (unpaired) electrons. The Hall–Kier alpha value is -0.830. The Labute approximate surface area is 92.4 Å². The molecule has 0 aliphatic rings. The molecule has 0 saturated heterocycles. The van der Waals surface area contributed by atoms with E-state index >= 15 is 0 Å². The van der Waals surface area contributed by atoms with Crippen LogP contribution in [0.4, 0.5) is 0 Å². The van der Waals surface area contributed by atoms with E-state index in [1.807, 2.05) is 6.08 Å². The topological polar surface area (TPSA) is 63.3 Å². The van der Waals surface area contributed by atoms with E-state index in [0.29, 0.717) is 12.2 Å². The van der Waals surface area contributed by atoms with Crippen molar-refractivity contribution in [3.8, 4) is 0 Å². The van der Waals surface area contributed by atoms with Crippen LogP contribution >= 0.6 is 0 Å². The molecule has 0 fully saturated rings. The monoisotopic (exact) mass is 213 g/mol. The highest BCUT2D eigenvalue weighted by Gasteiger charge is 1.95. The van der Waals surface area contributed by atoms with Gasteiger partial charge in [-0.2, -0.15) is 0 Å². The summed E-state index contributed by atoms with van der Waals surface area (Å²) in [6.07, 6.45) is 9.60. The van der Waals surface area contributed by atoms with Crippen molar-refractivity contribution in [2.45, 2.75) is 51.9 Å². The van der Waals surface area contributed by atoms with Crippen molar-refractivity contribution in [1.29, 1.82) is 0 Å². The Morgan fingerprint density at radius 2 is 1.67 bits per heavy atom. The molecule has 0 aliphatic heterocycles. The van der Waals surface area contributed by atoms with Crippen LogP contribution in [0.3, 0.4) is 0 Å². The molecule has 3 heteroatoms. The zero-order chi connectivity index (χ0) is 11.5. The summed E-state index contributed by atoms with van der Waals surface area (Å²) in [6.45, 7) is 2.06. The molecule has 0 aromatic rings. The Bertz CT molecular complexity index is 200. The Balaban J connectivity index is 3.25. The molecule has 0 aromatic carbocycles. The van der Waals surface area contributed by atoms with Crippen LogP contribution in [-0.2, 0) is 4.79 Å². The lowest BCUT2D eigenvalue weighted by Gasteiger charge is -1.99. The van der Waals surface area contributed by atoms with Crippen LogP contribution in [0.15, 0.2) is 11.6 Å². The van der Waals surface area contributed by atoms with Gasteiger partial charge in [0.1, 0.15) is 0 Å². The molecule has 0 atom stereocenters. The smallest absolute Gasteiger partial charge is 0.244 e. The first-order valence-electron chi connectivity index (χ1n) is 5.76. The average Bonchev–Trinajstić information content (AvgIpc) is 2.21. The number of nitrogens with two attached hydrogens (primary N) is 1. The number of rotatable bonds is 9. The second-order valence-corrected chi connectivity index (χ2v) is 3.88. The van der Waals surface area contributed by atoms with E-state index in [0.717, 1.165) is 25.7 Å². The van der Waals surface area contributed by atoms with Crippen LogP contribution in [0, 0.1) is 0 Å². The van der Waals surface area contributed by atoms with Gasteiger partial charge in [-0.05, 0) is 26.2 Å². The Morgan fingerprint density at radius 3 is 2.20 bits per heavy atom. The molecule has 0 saturated carbocycles. The lowest BCUT2D eigenvalue weighted by molar-refractivity contribution is -0.114. The van der Waals surface area contributed by atoms with Crippen LogP contribution < -0.4 is 5.73 Å². The summed E-state index contributed by atoms with van der Waals surface area (Å²) in [6, 6.07) is 0. The summed E-state index contributed by atoms with van der Waals surface area (Å²) in [5, 5.41) is 8.57. The first-order chi connectivity index (χ1) is 7.18. The maximum atomic E-state index is 10.7. The predicted octanol–water partition coefficient (Wildman–Crippen LogP) is 2.14. The van der Waals surface area contributed by atoms with Crippen LogP contribution in [0.1, 0.15) is 51.9 Å². The number of carbonyl (C=O) groups is 1. The number of hydrogen-bond donors (Lipinski definition) is 2. The fourth-order valence-electron chi connectivity index (χ4n) is 1.38. The standard InChI is InChI=1S/C12H23NO2/c1-11(12(13)15)9-7-5-3-2-4-6-8-10-14/h9,14H,2-8,10H2,1H3,(H2,13,15)/b11-9+. The second-order valence-electron chi connectivity index (χ2n) is 3.88. The van der Waals surface area contributed by atoms with Crippen LogP contribution in [0.2, 0.25) is 0 Å². The number of aliphatic hydroxyl groups excluding tert-OH is 1. The van der Waals surface area contributed by atoms with Gasteiger partial charge in [0.2, 0.25) is 5.91 Å². The first kappa shape index (κ1) is 14.2. The summed E-state index contributed by atoms with van der Waals surface area (Å²) in [4.78, 5) is 10.7. The molecular formula is C12H23NO2. The van der Waals surface area contributed by atoms with Crippen molar-refractivity contribution in [1.82, 2.24) is 0 Å². The summed E-state index contributed by atoms with van der Waals surface area (Å²) in [5.74, 6) is -0.321. The van der Waals surface area contributed by atoms with E-state index in [1.54, 1.807) is 6.92 Å². The van der Waals surface area contributed by atoms with Gasteiger partial charge < -0.3 is 10.8 Å². The summed E-state index contributed by atoms with van der Waals surface area (Å²) in [5.41, 5.74) is 5.76. The van der Waals surface area contributed by atoms with Gasteiger partial charge in [-0.25, -0.2) is 0 Å². The van der Waals surface area contributed by atoms with Crippen molar-refractivity contribution in [3.63, 3.8) is 0 Å². The molecule has 0 unspecified atom stereocenters. The maximum Gasteiger partial charge on any atom is 0.244 e. The minimum Gasteiger partial charge on any atom is -0.396 e. The van der Waals surface area contributed by atoms with Gasteiger partial charge in [0.15, 0.2) is 0 Å². The lowest BCUT2D eigenvalue weighted by atomic mass is 10.1. The van der Waals surface area contributed by atoms with E-state index in [2.05, 4.69) is 0 Å². The first-order valence-corrected chi connectivity index (χ1v) is 5.76. The molecule has 3 N–H and O–H groups in total. The quantitative estimate of drug-likeness (QED) is 0.455. The van der Waals surface area contributed by atoms with E-state index in [-0.39, 0.29) is 5.91 Å². The summed E-state index contributed by atoms with van der Waals surface area (Å²) < 4.78 is 0. The van der Waals surface area contributed by atoms with E-state index in [4.69, 9.17) is 10.8 Å². The van der Waals surface area contributed by atoms with Crippen LogP contribution in [-0.4, -0.2) is 17.6 Å². The molecule has 15 heavy (non-hydrogen) atoms. The zero-order valence-electron chi connectivity index (χ0n) is 9.67. The number of primary amides is 1. The van der Waals surface area contributed by atoms with Gasteiger partial charge in [0, 0.05) is 12.2 Å². The number of hydrogen-bond acceptors (Lipinski definition) is 2. The highest BCUT2D eigenvalue weighted by Crippen LogP contribution is 2.08. The minimum absolute atomic E-state index is 0.306. The molecule has 0 aliphatic carbocycles. The summed E-state index contributed by atoms with van der Waals surface area (Å²) >= 11 is 0. The Kier molecular flexibility index (Phi) is 9.18. The number of carbonyl (C=O) groups excluding carboxylic acids is 1. The lowest BCUT2D eigenvalue weighted by Crippen LogP contribution is -2.11. The van der Waals surface area contributed by atoms with Gasteiger partial charge >= 0.3 is 0 Å². The SMILES string of the molecule is C/C(=C\CCCCCCCCO)C(N)=O. The third-order valence-corrected chi connectivity index (χ3v) is 2.45. The molecule has 0 heterocycles. The van der Waals surface area contributed by atoms with Gasteiger partial charge in [-0.1, -0.05) is 31.8 Å². The molecule has 0 spiro atoms. The van der Waals surface area contributed by atoms with E-state index in [1.165, 1.54) is 19.3 Å². The van der Waals surface area contributed by atoms with Gasteiger partial charge in [-0.15, -0.1) is 0 Å². The number of amides is 1. The molecule has 0 rings (SSSR count). The van der Waals surface area contributed by atoms with Crippen molar-refractivity contribution >= 4 is 5.91 Å². The van der Waals surface area contributed by atoms with Gasteiger partial charge in [0.05, 0.1) is 0 Å². The third kappa shape index (κ3) is 9.47. The molecule has 1 amide bonds. The van der Waals surface area contributed by atoms with E-state index < -0.39 is 0 Å². The zero-order valence-corrected chi connectivity index (χ0v) is 9.67. The normalized spacial score (nSPS) is 11.7. The van der Waals surface area contributed by atoms with Crippen LogP contribution in [0.25, 0.3) is 0 Å². The van der Waals surface area contributed by atoms with Crippen molar-refractivity contribution in [3.05, 3.63) is 11.6 Å². The number of aliphatic hydroxyl groups is 1. The Morgan fingerprint density at radius 1 is 1.13 bits per heavy atom. The fourth-order valence-corrected chi connectivity index (χ4v) is 1.38. The summed E-state index contributed by atoms with van der Waals surface area (Å²) in [7, 11) is 0. The number of allylic oxidation sites excluding steroid dienone is 1. The maximum absolute atomic E-state index is 10.7. The highest BCUT2D eigenvalue weighted by molar-refractivity contribution is 5.91. The number of unbranched alkanes of at least 4 members (excludes halogenated alkanes) is 6. The van der Waals surface area contributed by atoms with Crippen molar-refractivity contribution in [2.75, 3.05) is 6.61 Å². The molecule has 88 valence electrons. The van der Waals surface area contributed by atoms with Crippen molar-refractivity contribution < 1.29 is 9.90 Å². The fraction of sp³-hybridized carbons (Fsp3) is 0.750. The highest BCUT2D eigenvalue weighted by atomic mass is 16.2.